The van der Waals surface area contributed by atoms with Gasteiger partial charge in [0.05, 0.1) is 0 Å². The van der Waals surface area contributed by atoms with Crippen LogP contribution in [0.25, 0.3) is 0 Å². The fraction of sp³-hybridized carbons (Fsp3) is 0.662. The van der Waals surface area contributed by atoms with E-state index in [0.29, 0.717) is 19.3 Å². The molecule has 6 heteroatoms. The molecule has 0 aliphatic carbocycles. The third-order valence-corrected chi connectivity index (χ3v) is 13.9. The monoisotopic (exact) mass is 1110 g/mol. The zero-order valence-corrected chi connectivity index (χ0v) is 52.0. The maximum atomic E-state index is 12.9. The summed E-state index contributed by atoms with van der Waals surface area (Å²) in [5, 5.41) is 0. The highest BCUT2D eigenvalue weighted by molar-refractivity contribution is 5.71. The Kier molecular flexibility index (Phi) is 63.3. The zero-order valence-electron chi connectivity index (χ0n) is 52.0. The molecule has 6 nitrogen and oxygen atoms in total. The molecule has 0 fully saturated rings. The van der Waals surface area contributed by atoms with Crippen LogP contribution in [-0.2, 0) is 28.6 Å². The predicted molar refractivity (Wildman–Crippen MR) is 348 cm³/mol. The van der Waals surface area contributed by atoms with Gasteiger partial charge in [0.15, 0.2) is 6.10 Å². The smallest absolute Gasteiger partial charge is 0.306 e. The summed E-state index contributed by atoms with van der Waals surface area (Å²) in [6.07, 6.45) is 95.0. The van der Waals surface area contributed by atoms with Gasteiger partial charge in [-0.25, -0.2) is 0 Å². The summed E-state index contributed by atoms with van der Waals surface area (Å²) < 4.78 is 16.8. The van der Waals surface area contributed by atoms with Crippen LogP contribution in [0.5, 0.6) is 0 Å². The first-order valence-corrected chi connectivity index (χ1v) is 33.2. The van der Waals surface area contributed by atoms with Gasteiger partial charge in [0.2, 0.25) is 0 Å². The molecule has 0 saturated heterocycles. The molecule has 0 aliphatic heterocycles. The normalized spacial score (nSPS) is 13.0. The Labute approximate surface area is 494 Å². The van der Waals surface area contributed by atoms with Crippen molar-refractivity contribution in [2.24, 2.45) is 0 Å². The minimum Gasteiger partial charge on any atom is -0.462 e. The Bertz CT molecular complexity index is 1700. The summed E-state index contributed by atoms with van der Waals surface area (Å²) in [6.45, 7) is 6.30. The van der Waals surface area contributed by atoms with Crippen LogP contribution in [0.4, 0.5) is 0 Å². The van der Waals surface area contributed by atoms with Gasteiger partial charge in [0.25, 0.3) is 0 Å². The van der Waals surface area contributed by atoms with Crippen LogP contribution in [0.15, 0.2) is 134 Å². The molecule has 0 aromatic rings. The van der Waals surface area contributed by atoms with Gasteiger partial charge in [0.1, 0.15) is 13.2 Å². The second kappa shape index (κ2) is 67.1. The van der Waals surface area contributed by atoms with Crippen LogP contribution in [0.2, 0.25) is 0 Å². The molecule has 0 radical (unpaired) electrons. The molecule has 0 aromatic carbocycles. The highest BCUT2D eigenvalue weighted by atomic mass is 16.6. The van der Waals surface area contributed by atoms with E-state index < -0.39 is 6.10 Å². The second-order valence-corrected chi connectivity index (χ2v) is 21.6. The summed E-state index contributed by atoms with van der Waals surface area (Å²) in [5.74, 6) is -1.00. The van der Waals surface area contributed by atoms with Crippen molar-refractivity contribution in [3.05, 3.63) is 134 Å². The van der Waals surface area contributed by atoms with Crippen molar-refractivity contribution in [2.75, 3.05) is 13.2 Å². The molecule has 1 atom stereocenters. The Balaban J connectivity index is 4.15. The van der Waals surface area contributed by atoms with E-state index in [1.165, 1.54) is 128 Å². The zero-order chi connectivity index (χ0) is 57.8. The van der Waals surface area contributed by atoms with E-state index in [4.69, 9.17) is 14.2 Å². The SMILES string of the molecule is CC/C=C\C/C=C\C/C=C\C/C=C\C/C=C\CCCCCCCCCCCCCCCCCCCCCC(=O)OCC(COC(=O)CC/C=C\C/C=C\C/C=C\C/C=C\CC)OC(=O)CCCCCCC/C=C\C/C=C\CCCC. The van der Waals surface area contributed by atoms with Gasteiger partial charge in [-0.1, -0.05) is 296 Å². The molecule has 0 rings (SSSR count). The lowest BCUT2D eigenvalue weighted by atomic mass is 10.0. The number of unbranched alkanes of at least 4 members (excludes halogenated alkanes) is 26. The molecule has 1 unspecified atom stereocenters. The van der Waals surface area contributed by atoms with Crippen LogP contribution < -0.4 is 0 Å². The largest absolute Gasteiger partial charge is 0.462 e. The topological polar surface area (TPSA) is 78.9 Å². The van der Waals surface area contributed by atoms with E-state index in [1.54, 1.807) is 0 Å². The van der Waals surface area contributed by atoms with E-state index in [2.05, 4.69) is 148 Å². The number of hydrogen-bond donors (Lipinski definition) is 0. The predicted octanol–water partition coefficient (Wildman–Crippen LogP) is 22.9. The van der Waals surface area contributed by atoms with Gasteiger partial charge < -0.3 is 14.2 Å². The molecule has 454 valence electrons. The van der Waals surface area contributed by atoms with Crippen molar-refractivity contribution in [1.82, 2.24) is 0 Å². The lowest BCUT2D eigenvalue weighted by Gasteiger charge is -2.18. The molecule has 0 N–H and O–H groups in total. The molecule has 0 saturated carbocycles. The molecule has 0 heterocycles. The molecule has 0 spiro atoms. The van der Waals surface area contributed by atoms with Gasteiger partial charge >= 0.3 is 17.9 Å². The van der Waals surface area contributed by atoms with Crippen molar-refractivity contribution in [2.45, 2.75) is 303 Å². The Hall–Kier alpha value is -4.45. The number of allylic oxidation sites excluding steroid dienone is 22. The van der Waals surface area contributed by atoms with E-state index in [0.717, 1.165) is 122 Å². The van der Waals surface area contributed by atoms with Crippen molar-refractivity contribution >= 4 is 17.9 Å². The molecule has 0 aromatic heterocycles. The molecule has 0 bridgehead atoms. The lowest BCUT2D eigenvalue weighted by molar-refractivity contribution is -0.166. The van der Waals surface area contributed by atoms with Crippen LogP contribution in [0.3, 0.4) is 0 Å². The quantitative estimate of drug-likeness (QED) is 0.0261. The van der Waals surface area contributed by atoms with Gasteiger partial charge in [-0.3, -0.25) is 14.4 Å². The Morgan fingerprint density at radius 3 is 0.838 bits per heavy atom. The summed E-state index contributed by atoms with van der Waals surface area (Å²) in [5.41, 5.74) is 0. The summed E-state index contributed by atoms with van der Waals surface area (Å²) in [6, 6.07) is 0. The molecular formula is C74H122O6. The van der Waals surface area contributed by atoms with E-state index in [-0.39, 0.29) is 37.5 Å². The average Bonchev–Trinajstić information content (AvgIpc) is 3.46. The van der Waals surface area contributed by atoms with Gasteiger partial charge in [0, 0.05) is 19.3 Å². The van der Waals surface area contributed by atoms with Gasteiger partial charge in [-0.2, -0.15) is 0 Å². The van der Waals surface area contributed by atoms with Crippen LogP contribution in [0.1, 0.15) is 297 Å². The highest BCUT2D eigenvalue weighted by Crippen LogP contribution is 2.16. The number of ether oxygens (including phenoxy) is 3. The maximum Gasteiger partial charge on any atom is 0.306 e. The lowest BCUT2D eigenvalue weighted by Crippen LogP contribution is -2.30. The van der Waals surface area contributed by atoms with Gasteiger partial charge in [-0.05, 0) is 116 Å². The Morgan fingerprint density at radius 1 is 0.263 bits per heavy atom. The minimum absolute atomic E-state index is 0.106. The number of hydrogen-bond acceptors (Lipinski definition) is 6. The first-order valence-electron chi connectivity index (χ1n) is 33.2. The highest BCUT2D eigenvalue weighted by Gasteiger charge is 2.19. The second-order valence-electron chi connectivity index (χ2n) is 21.6. The maximum absolute atomic E-state index is 12.9. The average molecular weight is 1110 g/mol. The summed E-state index contributed by atoms with van der Waals surface area (Å²) >= 11 is 0. The number of carbonyl (C=O) groups is 3. The standard InChI is InChI=1S/C74H122O6/c1-4-7-10-13-16-19-22-25-27-28-29-30-31-32-33-34-35-36-37-38-39-40-41-42-43-44-45-46-47-50-52-55-58-61-64-67-73(76)79-70-71(69-78-72(75)66-63-60-57-54-51-48-24-21-18-15-12-9-6-3)80-74(77)68-65-62-59-56-53-49-26-23-20-17-14-11-8-5-2/h7,9-10,12,14,16-19,21,23,25-27,29-30,32-33,48,51,57,60,71H,4-6,8,11,13,15,20,22,24,28,31,34-47,49-50,52-56,58-59,61-70H2,1-3H3/b10-7-,12-9-,17-14-,19-16-,21-18-,26-23-,27-25-,30-29-,33-32-,51-48-,60-57-. The van der Waals surface area contributed by atoms with E-state index in [9.17, 15) is 14.4 Å². The first-order chi connectivity index (χ1) is 39.5. The summed E-state index contributed by atoms with van der Waals surface area (Å²) in [4.78, 5) is 38.2. The van der Waals surface area contributed by atoms with Crippen LogP contribution in [0, 0.1) is 0 Å². The third kappa shape index (κ3) is 64.4. The fourth-order valence-corrected chi connectivity index (χ4v) is 8.97. The number of carbonyl (C=O) groups excluding carboxylic acids is 3. The van der Waals surface area contributed by atoms with Crippen molar-refractivity contribution in [3.63, 3.8) is 0 Å². The molecule has 0 aliphatic rings. The fourth-order valence-electron chi connectivity index (χ4n) is 8.97. The third-order valence-electron chi connectivity index (χ3n) is 13.9. The van der Waals surface area contributed by atoms with E-state index in [1.807, 2.05) is 6.08 Å². The van der Waals surface area contributed by atoms with Gasteiger partial charge in [-0.15, -0.1) is 0 Å². The van der Waals surface area contributed by atoms with E-state index >= 15 is 0 Å². The minimum atomic E-state index is -0.816. The first kappa shape index (κ1) is 75.5. The van der Waals surface area contributed by atoms with Crippen molar-refractivity contribution < 1.29 is 28.6 Å². The van der Waals surface area contributed by atoms with Crippen LogP contribution in [-0.4, -0.2) is 37.2 Å². The van der Waals surface area contributed by atoms with Crippen molar-refractivity contribution in [1.29, 1.82) is 0 Å². The molecule has 80 heavy (non-hydrogen) atoms. The molecular weight excluding hydrogens is 985 g/mol. The number of esters is 3. The molecule has 0 amide bonds. The Morgan fingerprint density at radius 2 is 0.512 bits per heavy atom. The van der Waals surface area contributed by atoms with Crippen molar-refractivity contribution in [3.8, 4) is 0 Å². The number of rotatable bonds is 59. The van der Waals surface area contributed by atoms with Crippen LogP contribution >= 0.6 is 0 Å². The summed E-state index contributed by atoms with van der Waals surface area (Å²) in [7, 11) is 0.